The molecule has 0 unspecified atom stereocenters. The fourth-order valence-electron chi connectivity index (χ4n) is 2.94. The number of esters is 1. The van der Waals surface area contributed by atoms with Gasteiger partial charge in [0.15, 0.2) is 0 Å². The Morgan fingerprint density at radius 2 is 1.79 bits per heavy atom. The summed E-state index contributed by atoms with van der Waals surface area (Å²) in [5, 5.41) is 13.0. The highest BCUT2D eigenvalue weighted by atomic mass is 16.5. The van der Waals surface area contributed by atoms with Crippen LogP contribution in [-0.4, -0.2) is 25.8 Å². The van der Waals surface area contributed by atoms with Crippen LogP contribution in [0.15, 0.2) is 60.3 Å². The Bertz CT molecular complexity index is 816. The molecule has 0 atom stereocenters. The van der Waals surface area contributed by atoms with E-state index >= 15 is 0 Å². The SMILES string of the molecule is CCOC(=O)CCCOc1ccc(OCC2=CN([O-])c3ccccc3C2)cc1. The van der Waals surface area contributed by atoms with Crippen LogP contribution in [-0.2, 0) is 16.0 Å². The first kappa shape index (κ1) is 19.8. The lowest BCUT2D eigenvalue weighted by atomic mass is 10.0. The molecule has 3 rings (SSSR count). The lowest BCUT2D eigenvalue weighted by Crippen LogP contribution is -2.18. The number of anilines is 1. The van der Waals surface area contributed by atoms with E-state index in [2.05, 4.69) is 0 Å². The van der Waals surface area contributed by atoms with Gasteiger partial charge in [-0.25, -0.2) is 0 Å². The molecule has 1 aliphatic rings. The van der Waals surface area contributed by atoms with Gasteiger partial charge < -0.3 is 24.5 Å². The van der Waals surface area contributed by atoms with Crippen LogP contribution in [0.5, 0.6) is 11.5 Å². The third-order valence-corrected chi connectivity index (χ3v) is 4.29. The first-order valence-electron chi connectivity index (χ1n) is 9.41. The van der Waals surface area contributed by atoms with E-state index in [9.17, 15) is 10.0 Å². The van der Waals surface area contributed by atoms with Gasteiger partial charge in [-0.2, -0.15) is 0 Å². The Balaban J connectivity index is 1.43. The van der Waals surface area contributed by atoms with E-state index in [0.717, 1.165) is 16.2 Å². The van der Waals surface area contributed by atoms with Crippen molar-refractivity contribution in [3.63, 3.8) is 0 Å². The molecule has 0 radical (unpaired) electrons. The molecule has 6 nitrogen and oxygen atoms in total. The second kappa shape index (κ2) is 9.80. The fraction of sp³-hybridized carbons (Fsp3) is 0.318. The quantitative estimate of drug-likeness (QED) is 0.477. The van der Waals surface area contributed by atoms with Crippen molar-refractivity contribution in [1.29, 1.82) is 0 Å². The average Bonchev–Trinajstić information content (AvgIpc) is 2.71. The number of carbonyl (C=O) groups excluding carboxylic acids is 1. The highest BCUT2D eigenvalue weighted by Gasteiger charge is 2.12. The van der Waals surface area contributed by atoms with Crippen molar-refractivity contribution in [2.24, 2.45) is 0 Å². The van der Waals surface area contributed by atoms with Gasteiger partial charge in [-0.05, 0) is 61.0 Å². The Hall–Kier alpha value is -2.99. The molecular weight excluding hydrogens is 358 g/mol. The molecule has 28 heavy (non-hydrogen) atoms. The van der Waals surface area contributed by atoms with Crippen LogP contribution in [0.3, 0.4) is 0 Å². The Kier molecular flexibility index (Phi) is 6.92. The number of carbonyl (C=O) groups is 1. The van der Waals surface area contributed by atoms with Crippen molar-refractivity contribution < 1.29 is 19.0 Å². The first-order chi connectivity index (χ1) is 13.7. The maximum atomic E-state index is 12.1. The van der Waals surface area contributed by atoms with E-state index in [-0.39, 0.29) is 5.97 Å². The van der Waals surface area contributed by atoms with Crippen molar-refractivity contribution in [3.05, 3.63) is 71.1 Å². The minimum Gasteiger partial charge on any atom is -0.754 e. The van der Waals surface area contributed by atoms with Crippen LogP contribution in [0.25, 0.3) is 0 Å². The number of hydrogen-bond donors (Lipinski definition) is 0. The summed E-state index contributed by atoms with van der Waals surface area (Å²) in [4.78, 5) is 11.3. The number of benzene rings is 2. The van der Waals surface area contributed by atoms with Crippen molar-refractivity contribution >= 4 is 11.7 Å². The summed E-state index contributed by atoms with van der Waals surface area (Å²) in [5.41, 5.74) is 2.62. The van der Waals surface area contributed by atoms with E-state index in [4.69, 9.17) is 14.2 Å². The van der Waals surface area contributed by atoms with Gasteiger partial charge in [0.1, 0.15) is 18.1 Å². The van der Waals surface area contributed by atoms with E-state index in [1.54, 1.807) is 13.1 Å². The Labute approximate surface area is 164 Å². The molecule has 0 bridgehead atoms. The molecule has 1 heterocycles. The van der Waals surface area contributed by atoms with Gasteiger partial charge in [-0.3, -0.25) is 4.79 Å². The van der Waals surface area contributed by atoms with E-state index < -0.39 is 0 Å². The summed E-state index contributed by atoms with van der Waals surface area (Å²) in [6.07, 6.45) is 3.25. The normalized spacial score (nSPS) is 12.8. The predicted molar refractivity (Wildman–Crippen MR) is 107 cm³/mol. The lowest BCUT2D eigenvalue weighted by molar-refractivity contribution is -0.143. The summed E-state index contributed by atoms with van der Waals surface area (Å²) in [7, 11) is 0. The second-order valence-electron chi connectivity index (χ2n) is 6.44. The molecule has 0 aromatic heterocycles. The molecule has 0 amide bonds. The average molecular weight is 382 g/mol. The van der Waals surface area contributed by atoms with Crippen LogP contribution in [0, 0.1) is 5.21 Å². The lowest BCUT2D eigenvalue weighted by Gasteiger charge is -2.34. The number of hydrogen-bond acceptors (Lipinski definition) is 6. The maximum absolute atomic E-state index is 12.1. The number of fused-ring (bicyclic) bond motifs is 1. The minimum absolute atomic E-state index is 0.203. The Morgan fingerprint density at radius 1 is 1.07 bits per heavy atom. The minimum atomic E-state index is -0.203. The number of rotatable bonds is 9. The second-order valence-corrected chi connectivity index (χ2v) is 6.44. The van der Waals surface area contributed by atoms with E-state index in [1.807, 2.05) is 48.5 Å². The van der Waals surface area contributed by atoms with Gasteiger partial charge in [0.05, 0.1) is 13.2 Å². The molecule has 0 saturated carbocycles. The maximum Gasteiger partial charge on any atom is 0.305 e. The number of hydroxylamine groups is 1. The van der Waals surface area contributed by atoms with Crippen LogP contribution in [0.2, 0.25) is 0 Å². The molecule has 0 N–H and O–H groups in total. The molecule has 148 valence electrons. The van der Waals surface area contributed by atoms with Crippen molar-refractivity contribution in [1.82, 2.24) is 0 Å². The fourth-order valence-corrected chi connectivity index (χ4v) is 2.94. The van der Waals surface area contributed by atoms with Gasteiger partial charge >= 0.3 is 5.97 Å². The van der Waals surface area contributed by atoms with Gasteiger partial charge in [0.2, 0.25) is 0 Å². The highest BCUT2D eigenvalue weighted by Crippen LogP contribution is 2.28. The van der Waals surface area contributed by atoms with Gasteiger partial charge in [-0.1, -0.05) is 18.2 Å². The first-order valence-corrected chi connectivity index (χ1v) is 9.41. The molecule has 6 heteroatoms. The topological polar surface area (TPSA) is 71.1 Å². The molecule has 0 spiro atoms. The smallest absolute Gasteiger partial charge is 0.305 e. The zero-order valence-corrected chi connectivity index (χ0v) is 15.9. The molecule has 2 aromatic carbocycles. The summed E-state index contributed by atoms with van der Waals surface area (Å²) in [6, 6.07) is 14.9. The van der Waals surface area contributed by atoms with Crippen LogP contribution < -0.4 is 14.5 Å². The standard InChI is InChI=1S/C22H24NO5/c1-2-26-22(24)8-5-13-27-19-9-11-20(12-10-19)28-16-17-14-18-6-3-4-7-21(18)23(25)15-17/h3-4,6-7,9-12,15H,2,5,8,13-14,16H2,1H3/q-1. The highest BCUT2D eigenvalue weighted by molar-refractivity contribution is 5.69. The number of para-hydroxylation sites is 1. The third-order valence-electron chi connectivity index (χ3n) is 4.29. The molecule has 0 aliphatic carbocycles. The molecule has 2 aromatic rings. The number of ether oxygens (including phenoxy) is 3. The van der Waals surface area contributed by atoms with Gasteiger partial charge in [-0.15, -0.1) is 0 Å². The summed E-state index contributed by atoms with van der Waals surface area (Å²) >= 11 is 0. The van der Waals surface area contributed by atoms with Gasteiger partial charge in [0, 0.05) is 18.5 Å². The zero-order chi connectivity index (χ0) is 19.8. The van der Waals surface area contributed by atoms with Crippen molar-refractivity contribution in [3.8, 4) is 11.5 Å². The van der Waals surface area contributed by atoms with Crippen molar-refractivity contribution in [2.75, 3.05) is 24.9 Å². The molecular formula is C22H24NO5-. The zero-order valence-electron chi connectivity index (χ0n) is 15.9. The molecule has 1 aliphatic heterocycles. The summed E-state index contributed by atoms with van der Waals surface area (Å²) < 4.78 is 16.3. The Morgan fingerprint density at radius 3 is 2.54 bits per heavy atom. The van der Waals surface area contributed by atoms with E-state index in [0.29, 0.717) is 56.3 Å². The van der Waals surface area contributed by atoms with Crippen LogP contribution >= 0.6 is 0 Å². The predicted octanol–water partition coefficient (Wildman–Crippen LogP) is 4.23. The summed E-state index contributed by atoms with van der Waals surface area (Å²) in [6.45, 7) is 2.99. The van der Waals surface area contributed by atoms with Crippen molar-refractivity contribution in [2.45, 2.75) is 26.2 Å². The van der Waals surface area contributed by atoms with Crippen LogP contribution in [0.1, 0.15) is 25.3 Å². The largest absolute Gasteiger partial charge is 0.754 e. The molecule has 0 fully saturated rings. The monoisotopic (exact) mass is 382 g/mol. The summed E-state index contributed by atoms with van der Waals surface area (Å²) in [5.74, 6) is 1.22. The molecule has 0 saturated heterocycles. The van der Waals surface area contributed by atoms with Crippen LogP contribution in [0.4, 0.5) is 5.69 Å². The van der Waals surface area contributed by atoms with Gasteiger partial charge in [0.25, 0.3) is 0 Å². The van der Waals surface area contributed by atoms with E-state index in [1.165, 1.54) is 0 Å². The number of nitrogens with zero attached hydrogens (tertiary/aromatic N) is 1. The third kappa shape index (κ3) is 5.50.